The molecule has 0 bridgehead atoms. The molecule has 0 aliphatic heterocycles. The van der Waals surface area contributed by atoms with Gasteiger partial charge in [-0.15, -0.1) is 0 Å². The largest absolute Gasteiger partial charge is 0.292 e. The Morgan fingerprint density at radius 3 is 2.67 bits per heavy atom. The van der Waals surface area contributed by atoms with Crippen molar-refractivity contribution in [2.75, 3.05) is 0 Å². The Labute approximate surface area is 91.7 Å². The molecule has 0 aliphatic carbocycles. The average molecular weight is 205 g/mol. The molecule has 2 heteroatoms. The standard InChI is InChI=1S/C13H19NO/c1-5-10(4)13(15)12-11(6-2)7-9(3)8-14-12/h7-8,10H,5-6H2,1-4H3. The molecule has 1 aromatic heterocycles. The molecule has 0 saturated carbocycles. The summed E-state index contributed by atoms with van der Waals surface area (Å²) in [6.07, 6.45) is 3.51. The van der Waals surface area contributed by atoms with Crippen LogP contribution in [-0.2, 0) is 6.42 Å². The van der Waals surface area contributed by atoms with Crippen LogP contribution in [0.2, 0.25) is 0 Å². The van der Waals surface area contributed by atoms with Gasteiger partial charge in [-0.3, -0.25) is 9.78 Å². The summed E-state index contributed by atoms with van der Waals surface area (Å²) in [6, 6.07) is 2.06. The van der Waals surface area contributed by atoms with Gasteiger partial charge in [0.05, 0.1) is 0 Å². The number of aryl methyl sites for hydroxylation is 2. The number of aromatic nitrogens is 1. The third-order valence-corrected chi connectivity index (χ3v) is 2.78. The van der Waals surface area contributed by atoms with Crippen LogP contribution in [0, 0.1) is 12.8 Å². The van der Waals surface area contributed by atoms with Crippen molar-refractivity contribution in [2.45, 2.75) is 40.5 Å². The SMILES string of the molecule is CCc1cc(C)cnc1C(=O)C(C)CC. The van der Waals surface area contributed by atoms with Gasteiger partial charge in [-0.1, -0.05) is 26.8 Å². The van der Waals surface area contributed by atoms with Crippen molar-refractivity contribution >= 4 is 5.78 Å². The molecule has 1 heterocycles. The minimum Gasteiger partial charge on any atom is -0.292 e. The second kappa shape index (κ2) is 5.06. The van der Waals surface area contributed by atoms with Crippen molar-refractivity contribution < 1.29 is 4.79 Å². The topological polar surface area (TPSA) is 30.0 Å². The Morgan fingerprint density at radius 2 is 2.13 bits per heavy atom. The minimum absolute atomic E-state index is 0.0745. The number of ketones is 1. The summed E-state index contributed by atoms with van der Waals surface area (Å²) in [5, 5.41) is 0. The van der Waals surface area contributed by atoms with Gasteiger partial charge in [0.25, 0.3) is 0 Å². The quantitative estimate of drug-likeness (QED) is 0.707. The zero-order valence-corrected chi connectivity index (χ0v) is 10.0. The van der Waals surface area contributed by atoms with Gasteiger partial charge >= 0.3 is 0 Å². The highest BCUT2D eigenvalue weighted by molar-refractivity contribution is 5.97. The maximum Gasteiger partial charge on any atom is 0.184 e. The van der Waals surface area contributed by atoms with E-state index in [0.717, 1.165) is 24.0 Å². The zero-order chi connectivity index (χ0) is 11.4. The molecule has 1 atom stereocenters. The van der Waals surface area contributed by atoms with Crippen LogP contribution in [0.4, 0.5) is 0 Å². The molecule has 0 aliphatic rings. The molecule has 0 spiro atoms. The number of hydrogen-bond acceptors (Lipinski definition) is 2. The van der Waals surface area contributed by atoms with Crippen LogP contribution in [0.25, 0.3) is 0 Å². The smallest absolute Gasteiger partial charge is 0.184 e. The lowest BCUT2D eigenvalue weighted by atomic mass is 9.96. The van der Waals surface area contributed by atoms with Gasteiger partial charge in [0.2, 0.25) is 0 Å². The first-order chi connectivity index (χ1) is 7.10. The number of hydrogen-bond donors (Lipinski definition) is 0. The number of carbonyl (C=O) groups excluding carboxylic acids is 1. The lowest BCUT2D eigenvalue weighted by Crippen LogP contribution is -2.14. The molecule has 82 valence electrons. The van der Waals surface area contributed by atoms with E-state index in [1.165, 1.54) is 0 Å². The number of nitrogens with zero attached hydrogens (tertiary/aromatic N) is 1. The Bertz CT molecular complexity index is 358. The van der Waals surface area contributed by atoms with Crippen molar-refractivity contribution in [3.63, 3.8) is 0 Å². The van der Waals surface area contributed by atoms with Gasteiger partial charge in [-0.2, -0.15) is 0 Å². The van der Waals surface area contributed by atoms with E-state index in [1.54, 1.807) is 6.20 Å². The fraction of sp³-hybridized carbons (Fsp3) is 0.538. The second-order valence-corrected chi connectivity index (χ2v) is 4.05. The third kappa shape index (κ3) is 2.65. The van der Waals surface area contributed by atoms with Crippen LogP contribution in [0.1, 0.15) is 48.8 Å². The Balaban J connectivity index is 3.08. The number of pyridine rings is 1. The molecule has 0 fully saturated rings. The number of carbonyl (C=O) groups is 1. The molecule has 0 N–H and O–H groups in total. The Morgan fingerprint density at radius 1 is 1.47 bits per heavy atom. The van der Waals surface area contributed by atoms with Crippen LogP contribution in [0.3, 0.4) is 0 Å². The summed E-state index contributed by atoms with van der Waals surface area (Å²) in [5.41, 5.74) is 2.85. The number of Topliss-reactive ketones (excluding diaryl/α,β-unsaturated/α-hetero) is 1. The molecular formula is C13H19NO. The summed E-state index contributed by atoms with van der Waals surface area (Å²) in [6.45, 7) is 8.05. The molecule has 0 amide bonds. The molecule has 0 saturated heterocycles. The highest BCUT2D eigenvalue weighted by atomic mass is 16.1. The van der Waals surface area contributed by atoms with Crippen molar-refractivity contribution in [3.05, 3.63) is 29.1 Å². The lowest BCUT2D eigenvalue weighted by molar-refractivity contribution is 0.0921. The van der Waals surface area contributed by atoms with Crippen LogP contribution in [-0.4, -0.2) is 10.8 Å². The van der Waals surface area contributed by atoms with Crippen molar-refractivity contribution in [1.29, 1.82) is 0 Å². The Kier molecular flexibility index (Phi) is 4.01. The summed E-state index contributed by atoms with van der Waals surface area (Å²) in [4.78, 5) is 16.3. The van der Waals surface area contributed by atoms with Crippen molar-refractivity contribution in [1.82, 2.24) is 4.98 Å². The molecule has 1 aromatic rings. The van der Waals surface area contributed by atoms with E-state index in [9.17, 15) is 4.79 Å². The van der Waals surface area contributed by atoms with E-state index in [1.807, 2.05) is 20.8 Å². The summed E-state index contributed by atoms with van der Waals surface area (Å²) < 4.78 is 0. The highest BCUT2D eigenvalue weighted by Gasteiger charge is 2.17. The molecule has 1 unspecified atom stereocenters. The summed E-state index contributed by atoms with van der Waals surface area (Å²) in [7, 11) is 0. The second-order valence-electron chi connectivity index (χ2n) is 4.05. The van der Waals surface area contributed by atoms with Crippen LogP contribution < -0.4 is 0 Å². The molecule has 0 aromatic carbocycles. The average Bonchev–Trinajstić information content (AvgIpc) is 2.26. The van der Waals surface area contributed by atoms with E-state index in [0.29, 0.717) is 5.69 Å². The lowest BCUT2D eigenvalue weighted by Gasteiger charge is -2.10. The maximum atomic E-state index is 12.0. The molecule has 1 rings (SSSR count). The van der Waals surface area contributed by atoms with Gasteiger partial charge in [0.15, 0.2) is 5.78 Å². The summed E-state index contributed by atoms with van der Waals surface area (Å²) in [5.74, 6) is 0.250. The molecule has 2 nitrogen and oxygen atoms in total. The van der Waals surface area contributed by atoms with E-state index in [4.69, 9.17) is 0 Å². The third-order valence-electron chi connectivity index (χ3n) is 2.78. The highest BCUT2D eigenvalue weighted by Crippen LogP contribution is 2.15. The zero-order valence-electron chi connectivity index (χ0n) is 10.0. The van der Waals surface area contributed by atoms with Crippen LogP contribution >= 0.6 is 0 Å². The predicted octanol–water partition coefficient (Wildman–Crippen LogP) is 3.18. The van der Waals surface area contributed by atoms with Crippen LogP contribution in [0.15, 0.2) is 12.3 Å². The van der Waals surface area contributed by atoms with Gasteiger partial charge < -0.3 is 0 Å². The maximum absolute atomic E-state index is 12.0. The monoisotopic (exact) mass is 205 g/mol. The van der Waals surface area contributed by atoms with Crippen LogP contribution in [0.5, 0.6) is 0 Å². The van der Waals surface area contributed by atoms with Crippen molar-refractivity contribution in [3.8, 4) is 0 Å². The fourth-order valence-corrected chi connectivity index (χ4v) is 1.54. The van der Waals surface area contributed by atoms with E-state index >= 15 is 0 Å². The number of rotatable bonds is 4. The van der Waals surface area contributed by atoms with Crippen molar-refractivity contribution in [2.24, 2.45) is 5.92 Å². The van der Waals surface area contributed by atoms with Gasteiger partial charge in [-0.05, 0) is 30.9 Å². The summed E-state index contributed by atoms with van der Waals surface area (Å²) >= 11 is 0. The molecule has 15 heavy (non-hydrogen) atoms. The predicted molar refractivity (Wildman–Crippen MR) is 62.1 cm³/mol. The molecular weight excluding hydrogens is 186 g/mol. The first-order valence-corrected chi connectivity index (χ1v) is 5.59. The van der Waals surface area contributed by atoms with E-state index in [2.05, 4.69) is 18.0 Å². The first kappa shape index (κ1) is 11.9. The van der Waals surface area contributed by atoms with Gasteiger partial charge in [0.1, 0.15) is 5.69 Å². The van der Waals surface area contributed by atoms with Gasteiger partial charge in [0, 0.05) is 12.1 Å². The fourth-order valence-electron chi connectivity index (χ4n) is 1.54. The molecule has 0 radical (unpaired) electrons. The van der Waals surface area contributed by atoms with E-state index < -0.39 is 0 Å². The first-order valence-electron chi connectivity index (χ1n) is 5.59. The van der Waals surface area contributed by atoms with E-state index in [-0.39, 0.29) is 11.7 Å². The van der Waals surface area contributed by atoms with Gasteiger partial charge in [-0.25, -0.2) is 0 Å². The minimum atomic E-state index is 0.0745. The Hall–Kier alpha value is -1.18. The normalized spacial score (nSPS) is 12.5.